The van der Waals surface area contributed by atoms with Crippen LogP contribution in [0.2, 0.25) is 0 Å². The molecule has 3 atom stereocenters. The number of nitrogens with zero attached hydrogens (tertiary/aromatic N) is 5. The Bertz CT molecular complexity index is 977. The van der Waals surface area contributed by atoms with E-state index in [0.717, 1.165) is 49.9 Å². The van der Waals surface area contributed by atoms with Gasteiger partial charge in [-0.2, -0.15) is 5.26 Å². The molecule has 3 fully saturated rings. The zero-order valence-corrected chi connectivity index (χ0v) is 15.8. The number of non-ortho nitro benzene ring substituents is 1. The summed E-state index contributed by atoms with van der Waals surface area (Å²) in [4.78, 5) is 20.2. The first kappa shape index (κ1) is 17.4. The average Bonchev–Trinajstić information content (AvgIpc) is 3.36. The highest BCUT2D eigenvalue weighted by Crippen LogP contribution is 2.46. The minimum absolute atomic E-state index is 0.0157. The average molecular weight is 377 g/mol. The number of benzene rings is 1. The quantitative estimate of drug-likeness (QED) is 0.602. The predicted molar refractivity (Wildman–Crippen MR) is 106 cm³/mol. The molecule has 3 aliphatic rings. The number of nitriles is 1. The maximum absolute atomic E-state index is 11.0. The van der Waals surface area contributed by atoms with E-state index in [1.54, 1.807) is 12.1 Å². The van der Waals surface area contributed by atoms with Crippen molar-refractivity contribution >= 4 is 22.4 Å². The number of pyridine rings is 1. The number of fused-ring (bicyclic) bond motifs is 3. The molecule has 1 aromatic heterocycles. The molecule has 0 amide bonds. The molecule has 7 heteroatoms. The van der Waals surface area contributed by atoms with E-state index >= 15 is 0 Å². The molecule has 2 heterocycles. The van der Waals surface area contributed by atoms with Crippen molar-refractivity contribution in [2.45, 2.75) is 31.7 Å². The summed E-state index contributed by atoms with van der Waals surface area (Å²) in [7, 11) is 0. The lowest BCUT2D eigenvalue weighted by atomic mass is 9.93. The Hall–Kier alpha value is -2.72. The van der Waals surface area contributed by atoms with Crippen LogP contribution in [-0.2, 0) is 0 Å². The number of nitro benzene ring substituents is 1. The Balaban J connectivity index is 1.36. The van der Waals surface area contributed by atoms with Crippen LogP contribution in [-0.4, -0.2) is 47.0 Å². The Morgan fingerprint density at radius 1 is 1.14 bits per heavy atom. The van der Waals surface area contributed by atoms with Crippen molar-refractivity contribution in [1.82, 2.24) is 9.88 Å². The Morgan fingerprint density at radius 2 is 1.96 bits per heavy atom. The smallest absolute Gasteiger partial charge is 0.270 e. The first-order chi connectivity index (χ1) is 13.6. The van der Waals surface area contributed by atoms with Crippen LogP contribution in [0.4, 0.5) is 11.5 Å². The van der Waals surface area contributed by atoms with Gasteiger partial charge in [-0.05, 0) is 43.2 Å². The van der Waals surface area contributed by atoms with Crippen molar-refractivity contribution in [3.05, 3.63) is 39.9 Å². The van der Waals surface area contributed by atoms with Crippen molar-refractivity contribution in [3.8, 4) is 6.07 Å². The van der Waals surface area contributed by atoms with Gasteiger partial charge in [0.25, 0.3) is 5.69 Å². The van der Waals surface area contributed by atoms with E-state index in [1.165, 1.54) is 37.8 Å². The number of hydrogen-bond acceptors (Lipinski definition) is 6. The van der Waals surface area contributed by atoms with Crippen LogP contribution in [0, 0.1) is 33.3 Å². The zero-order chi connectivity index (χ0) is 19.3. The molecule has 2 saturated carbocycles. The summed E-state index contributed by atoms with van der Waals surface area (Å²) in [6.07, 6.45) is 5.63. The largest absolute Gasteiger partial charge is 0.354 e. The number of rotatable bonds is 3. The van der Waals surface area contributed by atoms with E-state index in [9.17, 15) is 15.4 Å². The van der Waals surface area contributed by atoms with Crippen molar-refractivity contribution in [3.63, 3.8) is 0 Å². The van der Waals surface area contributed by atoms with Crippen LogP contribution in [0.1, 0.15) is 31.2 Å². The van der Waals surface area contributed by atoms with E-state index in [2.05, 4.69) is 15.9 Å². The second-order valence-electron chi connectivity index (χ2n) is 8.36. The van der Waals surface area contributed by atoms with Gasteiger partial charge in [-0.1, -0.05) is 6.42 Å². The van der Waals surface area contributed by atoms with E-state index < -0.39 is 4.92 Å². The third-order valence-corrected chi connectivity index (χ3v) is 6.92. The molecule has 1 aromatic carbocycles. The highest BCUT2D eigenvalue weighted by atomic mass is 16.6. The zero-order valence-electron chi connectivity index (χ0n) is 15.8. The summed E-state index contributed by atoms with van der Waals surface area (Å²) < 4.78 is 0. The van der Waals surface area contributed by atoms with Crippen molar-refractivity contribution in [2.24, 2.45) is 11.8 Å². The van der Waals surface area contributed by atoms with Gasteiger partial charge >= 0.3 is 0 Å². The summed E-state index contributed by atoms with van der Waals surface area (Å²) in [5.41, 5.74) is 1.06. The number of nitro groups is 1. The highest BCUT2D eigenvalue weighted by Gasteiger charge is 2.42. The first-order valence-corrected chi connectivity index (χ1v) is 10.1. The van der Waals surface area contributed by atoms with E-state index in [-0.39, 0.29) is 5.69 Å². The number of anilines is 1. The third-order valence-electron chi connectivity index (χ3n) is 6.92. The molecule has 1 aliphatic heterocycles. The molecule has 0 spiro atoms. The summed E-state index contributed by atoms with van der Waals surface area (Å²) >= 11 is 0. The van der Waals surface area contributed by atoms with Crippen LogP contribution in [0.15, 0.2) is 24.3 Å². The lowest BCUT2D eigenvalue weighted by Crippen LogP contribution is -2.52. The SMILES string of the molecule is N#Cc1cc(N2CCN(C3CC4CCC3C4)CC2)nc2ccc([N+](=O)[O-])cc12. The fourth-order valence-electron chi connectivity index (χ4n) is 5.51. The summed E-state index contributed by atoms with van der Waals surface area (Å²) in [6.45, 7) is 3.89. The predicted octanol–water partition coefficient (Wildman–Crippen LogP) is 3.33. The van der Waals surface area contributed by atoms with E-state index in [1.807, 2.05) is 0 Å². The molecular formula is C21H23N5O2. The fourth-order valence-corrected chi connectivity index (χ4v) is 5.51. The molecule has 3 unspecified atom stereocenters. The highest BCUT2D eigenvalue weighted by molar-refractivity contribution is 5.88. The number of hydrogen-bond donors (Lipinski definition) is 0. The van der Waals surface area contributed by atoms with Crippen molar-refractivity contribution in [2.75, 3.05) is 31.1 Å². The van der Waals surface area contributed by atoms with Crippen LogP contribution in [0.3, 0.4) is 0 Å². The molecule has 0 radical (unpaired) electrons. The van der Waals surface area contributed by atoms with Crippen LogP contribution >= 0.6 is 0 Å². The first-order valence-electron chi connectivity index (χ1n) is 10.1. The Labute approximate surface area is 163 Å². The normalized spacial score (nSPS) is 27.2. The summed E-state index contributed by atoms with van der Waals surface area (Å²) in [6, 6.07) is 9.27. The molecule has 5 rings (SSSR count). The van der Waals surface area contributed by atoms with Crippen LogP contribution in [0.5, 0.6) is 0 Å². The second-order valence-corrected chi connectivity index (χ2v) is 8.36. The van der Waals surface area contributed by atoms with Crippen LogP contribution < -0.4 is 4.90 Å². The van der Waals surface area contributed by atoms with E-state index in [0.29, 0.717) is 16.5 Å². The van der Waals surface area contributed by atoms with Gasteiger partial charge in [0.1, 0.15) is 5.82 Å². The molecule has 2 aromatic rings. The van der Waals surface area contributed by atoms with Gasteiger partial charge in [-0.15, -0.1) is 0 Å². The van der Waals surface area contributed by atoms with Gasteiger partial charge in [0.2, 0.25) is 0 Å². The lowest BCUT2D eigenvalue weighted by molar-refractivity contribution is -0.384. The molecule has 0 N–H and O–H groups in total. The molecule has 2 bridgehead atoms. The Kier molecular flexibility index (Phi) is 4.17. The van der Waals surface area contributed by atoms with Crippen LogP contribution in [0.25, 0.3) is 10.9 Å². The van der Waals surface area contributed by atoms with Gasteiger partial charge in [0, 0.05) is 49.7 Å². The van der Waals surface area contributed by atoms with Crippen molar-refractivity contribution < 1.29 is 4.92 Å². The molecule has 2 aliphatic carbocycles. The topological polar surface area (TPSA) is 86.3 Å². The maximum Gasteiger partial charge on any atom is 0.270 e. The molecule has 1 saturated heterocycles. The lowest BCUT2D eigenvalue weighted by Gasteiger charge is -2.41. The van der Waals surface area contributed by atoms with Gasteiger partial charge in [-0.25, -0.2) is 4.98 Å². The number of aromatic nitrogens is 1. The maximum atomic E-state index is 11.0. The standard InChI is InChI=1S/C21H23N5O2/c22-13-16-11-21(23-19-4-3-17(26(27)28)12-18(16)19)25-7-5-24(6-8-25)20-10-14-1-2-15(20)9-14/h3-4,11-12,14-15,20H,1-2,5-10H2. The van der Waals surface area contributed by atoms with E-state index in [4.69, 9.17) is 4.98 Å². The van der Waals surface area contributed by atoms with Crippen molar-refractivity contribution in [1.29, 1.82) is 5.26 Å². The molecule has 28 heavy (non-hydrogen) atoms. The monoisotopic (exact) mass is 377 g/mol. The second kappa shape index (κ2) is 6.71. The third kappa shape index (κ3) is 2.89. The van der Waals surface area contributed by atoms with Gasteiger partial charge in [0.15, 0.2) is 0 Å². The molecular weight excluding hydrogens is 354 g/mol. The van der Waals surface area contributed by atoms with Gasteiger partial charge in [0.05, 0.1) is 22.1 Å². The fraction of sp³-hybridized carbons (Fsp3) is 0.524. The van der Waals surface area contributed by atoms with Gasteiger partial charge < -0.3 is 4.90 Å². The minimum Gasteiger partial charge on any atom is -0.354 e. The summed E-state index contributed by atoms with van der Waals surface area (Å²) in [5.74, 6) is 2.65. The number of piperazine rings is 1. The molecule has 144 valence electrons. The Morgan fingerprint density at radius 3 is 2.61 bits per heavy atom. The van der Waals surface area contributed by atoms with Gasteiger partial charge in [-0.3, -0.25) is 15.0 Å². The molecule has 7 nitrogen and oxygen atoms in total. The summed E-state index contributed by atoms with van der Waals surface area (Å²) in [5, 5.41) is 21.1. The minimum atomic E-state index is -0.441.